The molecule has 0 amide bonds. The van der Waals surface area contributed by atoms with Crippen molar-refractivity contribution in [1.29, 1.82) is 0 Å². The topological polar surface area (TPSA) is 29.5 Å². The van der Waals surface area contributed by atoms with Crippen LogP contribution in [0.3, 0.4) is 0 Å². The molecule has 0 aromatic heterocycles. The lowest BCUT2D eigenvalue weighted by Gasteiger charge is -2.30. The van der Waals surface area contributed by atoms with Crippen LogP contribution in [-0.4, -0.2) is 5.11 Å². The maximum Gasteiger partial charge on any atom is 0.130 e. The van der Waals surface area contributed by atoms with Crippen molar-refractivity contribution in [2.75, 3.05) is 0 Å². The van der Waals surface area contributed by atoms with Gasteiger partial charge in [-0.05, 0) is 30.3 Å². The number of fused-ring (bicyclic) bond motifs is 1. The van der Waals surface area contributed by atoms with Crippen molar-refractivity contribution >= 4 is 0 Å². The van der Waals surface area contributed by atoms with Gasteiger partial charge in [-0.3, -0.25) is 0 Å². The van der Waals surface area contributed by atoms with Crippen LogP contribution in [0.2, 0.25) is 0 Å². The van der Waals surface area contributed by atoms with E-state index in [1.807, 2.05) is 0 Å². The standard InChI is InChI=1S/C15H11F3O2/c16-8-2-4-12(18)11(5-8)15-7-13(19)10-3-1-9(17)6-14(10)20-15/h1-6,13,15,19H,7H2/t13-,15?/m0/s1. The Hall–Kier alpha value is -2.01. The molecule has 1 aliphatic rings. The summed E-state index contributed by atoms with van der Waals surface area (Å²) >= 11 is 0. The summed E-state index contributed by atoms with van der Waals surface area (Å²) in [5.74, 6) is -1.58. The van der Waals surface area contributed by atoms with Crippen LogP contribution in [0, 0.1) is 17.5 Å². The molecule has 2 aromatic carbocycles. The summed E-state index contributed by atoms with van der Waals surface area (Å²) in [5.41, 5.74) is 0.457. The smallest absolute Gasteiger partial charge is 0.130 e. The Kier molecular flexibility index (Phi) is 3.14. The molecule has 3 rings (SSSR count). The molecule has 0 saturated carbocycles. The third-order valence-corrected chi connectivity index (χ3v) is 3.35. The molecule has 1 unspecified atom stereocenters. The molecular formula is C15H11F3O2. The minimum Gasteiger partial charge on any atom is -0.485 e. The summed E-state index contributed by atoms with van der Waals surface area (Å²) in [6.45, 7) is 0. The number of rotatable bonds is 1. The van der Waals surface area contributed by atoms with E-state index in [0.717, 1.165) is 24.3 Å². The minimum absolute atomic E-state index is 0.0129. The molecule has 2 aromatic rings. The second-order valence-corrected chi connectivity index (χ2v) is 4.71. The number of benzene rings is 2. The molecule has 0 radical (unpaired) electrons. The quantitative estimate of drug-likeness (QED) is 0.863. The number of aliphatic hydroxyl groups excluding tert-OH is 1. The van der Waals surface area contributed by atoms with Gasteiger partial charge >= 0.3 is 0 Å². The van der Waals surface area contributed by atoms with Crippen molar-refractivity contribution in [3.63, 3.8) is 0 Å². The van der Waals surface area contributed by atoms with E-state index in [2.05, 4.69) is 0 Å². The van der Waals surface area contributed by atoms with Gasteiger partial charge in [-0.25, -0.2) is 13.2 Å². The Morgan fingerprint density at radius 1 is 0.950 bits per heavy atom. The number of hydrogen-bond donors (Lipinski definition) is 1. The summed E-state index contributed by atoms with van der Waals surface area (Å²) < 4.78 is 45.6. The zero-order valence-electron chi connectivity index (χ0n) is 10.3. The molecular weight excluding hydrogens is 269 g/mol. The van der Waals surface area contributed by atoms with Crippen molar-refractivity contribution in [2.24, 2.45) is 0 Å². The van der Waals surface area contributed by atoms with E-state index < -0.39 is 29.7 Å². The van der Waals surface area contributed by atoms with Crippen molar-refractivity contribution in [3.8, 4) is 5.75 Å². The van der Waals surface area contributed by atoms with Gasteiger partial charge in [0, 0.05) is 23.6 Å². The van der Waals surface area contributed by atoms with Crippen LogP contribution in [0.4, 0.5) is 13.2 Å². The van der Waals surface area contributed by atoms with E-state index in [1.54, 1.807) is 0 Å². The lowest BCUT2D eigenvalue weighted by molar-refractivity contribution is 0.0635. The molecule has 1 N–H and O–H groups in total. The summed E-state index contributed by atoms with van der Waals surface area (Å²) in [5, 5.41) is 10.0. The second-order valence-electron chi connectivity index (χ2n) is 4.71. The number of aliphatic hydroxyl groups is 1. The fraction of sp³-hybridized carbons (Fsp3) is 0.200. The zero-order valence-corrected chi connectivity index (χ0v) is 10.3. The lowest BCUT2D eigenvalue weighted by atomic mass is 9.94. The minimum atomic E-state index is -0.910. The van der Waals surface area contributed by atoms with Crippen LogP contribution >= 0.6 is 0 Å². The van der Waals surface area contributed by atoms with Gasteiger partial charge in [0.2, 0.25) is 0 Å². The molecule has 0 aliphatic carbocycles. The van der Waals surface area contributed by atoms with Gasteiger partial charge in [0.05, 0.1) is 6.10 Å². The highest BCUT2D eigenvalue weighted by Gasteiger charge is 2.30. The van der Waals surface area contributed by atoms with Gasteiger partial charge in [0.15, 0.2) is 0 Å². The number of halogens is 3. The van der Waals surface area contributed by atoms with Gasteiger partial charge in [-0.2, -0.15) is 0 Å². The average Bonchev–Trinajstić information content (AvgIpc) is 2.41. The van der Waals surface area contributed by atoms with E-state index >= 15 is 0 Å². The Morgan fingerprint density at radius 3 is 2.45 bits per heavy atom. The third-order valence-electron chi connectivity index (χ3n) is 3.35. The predicted molar refractivity (Wildman–Crippen MR) is 65.7 cm³/mol. The lowest BCUT2D eigenvalue weighted by Crippen LogP contribution is -2.20. The van der Waals surface area contributed by atoms with Crippen LogP contribution in [-0.2, 0) is 0 Å². The first-order valence-corrected chi connectivity index (χ1v) is 6.13. The van der Waals surface area contributed by atoms with E-state index in [-0.39, 0.29) is 17.7 Å². The van der Waals surface area contributed by atoms with Crippen LogP contribution < -0.4 is 4.74 Å². The SMILES string of the molecule is O[C@H]1CC(c2cc(F)ccc2F)Oc2cc(F)ccc21. The molecule has 5 heteroatoms. The van der Waals surface area contributed by atoms with Gasteiger partial charge < -0.3 is 9.84 Å². The molecule has 2 nitrogen and oxygen atoms in total. The van der Waals surface area contributed by atoms with Gasteiger partial charge in [-0.1, -0.05) is 0 Å². The monoisotopic (exact) mass is 280 g/mol. The van der Waals surface area contributed by atoms with E-state index in [4.69, 9.17) is 4.74 Å². The van der Waals surface area contributed by atoms with E-state index in [9.17, 15) is 18.3 Å². The molecule has 2 atom stereocenters. The highest BCUT2D eigenvalue weighted by molar-refractivity contribution is 5.39. The molecule has 20 heavy (non-hydrogen) atoms. The molecule has 0 spiro atoms. The summed E-state index contributed by atoms with van der Waals surface area (Å²) in [4.78, 5) is 0. The largest absolute Gasteiger partial charge is 0.485 e. The van der Waals surface area contributed by atoms with Crippen LogP contribution in [0.15, 0.2) is 36.4 Å². The summed E-state index contributed by atoms with van der Waals surface area (Å²) in [7, 11) is 0. The normalized spacial score (nSPS) is 21.2. The highest BCUT2D eigenvalue weighted by Crippen LogP contribution is 2.41. The first-order chi connectivity index (χ1) is 9.54. The first-order valence-electron chi connectivity index (χ1n) is 6.13. The van der Waals surface area contributed by atoms with Gasteiger partial charge in [-0.15, -0.1) is 0 Å². The summed E-state index contributed by atoms with van der Waals surface area (Å²) in [6, 6.07) is 6.80. The third kappa shape index (κ3) is 2.25. The van der Waals surface area contributed by atoms with Crippen molar-refractivity contribution in [1.82, 2.24) is 0 Å². The van der Waals surface area contributed by atoms with Crippen LogP contribution in [0.5, 0.6) is 5.75 Å². The molecule has 1 heterocycles. The molecule has 0 bridgehead atoms. The molecule has 104 valence electrons. The van der Waals surface area contributed by atoms with Crippen molar-refractivity contribution in [3.05, 3.63) is 65.0 Å². The Balaban J connectivity index is 2.00. The Bertz CT molecular complexity index is 658. The van der Waals surface area contributed by atoms with Gasteiger partial charge in [0.25, 0.3) is 0 Å². The first kappa shape index (κ1) is 13.0. The van der Waals surface area contributed by atoms with Gasteiger partial charge in [0.1, 0.15) is 29.3 Å². The fourth-order valence-corrected chi connectivity index (χ4v) is 2.37. The Morgan fingerprint density at radius 2 is 1.65 bits per heavy atom. The average molecular weight is 280 g/mol. The molecule has 1 aliphatic heterocycles. The molecule has 0 fully saturated rings. The highest BCUT2D eigenvalue weighted by atomic mass is 19.1. The van der Waals surface area contributed by atoms with Crippen molar-refractivity contribution < 1.29 is 23.0 Å². The fourth-order valence-electron chi connectivity index (χ4n) is 2.37. The van der Waals surface area contributed by atoms with Crippen molar-refractivity contribution in [2.45, 2.75) is 18.6 Å². The zero-order chi connectivity index (χ0) is 14.3. The number of hydrogen-bond acceptors (Lipinski definition) is 2. The second kappa shape index (κ2) is 4.83. The Labute approximate surface area is 113 Å². The van der Waals surface area contributed by atoms with Crippen LogP contribution in [0.25, 0.3) is 0 Å². The maximum atomic E-state index is 13.7. The van der Waals surface area contributed by atoms with E-state index in [1.165, 1.54) is 12.1 Å². The number of ether oxygens (including phenoxy) is 1. The predicted octanol–water partition coefficient (Wildman–Crippen LogP) is 3.66. The molecule has 0 saturated heterocycles. The maximum absolute atomic E-state index is 13.7. The van der Waals surface area contributed by atoms with E-state index in [0.29, 0.717) is 5.56 Å². The van der Waals surface area contributed by atoms with Crippen LogP contribution in [0.1, 0.15) is 29.8 Å². The summed E-state index contributed by atoms with van der Waals surface area (Å²) in [6.07, 6.45) is -1.68.